The lowest BCUT2D eigenvalue weighted by atomic mass is 10.2. The van der Waals surface area contributed by atoms with Gasteiger partial charge in [-0.2, -0.15) is 0 Å². The Bertz CT molecular complexity index is 1110. The molecule has 0 spiro atoms. The van der Waals surface area contributed by atoms with Gasteiger partial charge in [0.05, 0.1) is 5.52 Å². The van der Waals surface area contributed by atoms with Crippen LogP contribution in [0.25, 0.3) is 10.9 Å². The Labute approximate surface area is 154 Å². The van der Waals surface area contributed by atoms with Crippen LogP contribution in [-0.4, -0.2) is 16.8 Å². The third-order valence-electron chi connectivity index (χ3n) is 3.70. The molecule has 5 nitrogen and oxygen atoms in total. The first-order chi connectivity index (χ1) is 13.1. The van der Waals surface area contributed by atoms with Crippen molar-refractivity contribution in [1.29, 1.82) is 0 Å². The Kier molecular flexibility index (Phi) is 5.04. The number of alkyl halides is 3. The highest BCUT2D eigenvalue weighted by Crippen LogP contribution is 2.29. The number of carbonyl (C=O) groups is 1. The first-order valence-corrected chi connectivity index (χ1v) is 7.77. The van der Waals surface area contributed by atoms with Gasteiger partial charge < -0.3 is 14.6 Å². The minimum Gasteiger partial charge on any atom is -0.404 e. The van der Waals surface area contributed by atoms with Crippen LogP contribution < -0.4 is 15.5 Å². The van der Waals surface area contributed by atoms with Crippen LogP contribution in [0.4, 0.5) is 27.6 Å². The summed E-state index contributed by atoms with van der Waals surface area (Å²) in [5.41, 5.74) is -0.825. The molecule has 0 saturated heterocycles. The Balaban J connectivity index is 1.96. The molecule has 1 amide bonds. The Hall–Kier alpha value is -3.43. The van der Waals surface area contributed by atoms with Crippen LogP contribution in [0, 0.1) is 11.6 Å². The number of amides is 1. The maximum atomic E-state index is 13.2. The van der Waals surface area contributed by atoms with Gasteiger partial charge in [0.25, 0.3) is 0 Å². The molecular weight excluding hydrogens is 387 g/mol. The van der Waals surface area contributed by atoms with Crippen molar-refractivity contribution in [2.24, 2.45) is 0 Å². The molecule has 28 heavy (non-hydrogen) atoms. The predicted octanol–water partition coefficient (Wildman–Crippen LogP) is 3.82. The van der Waals surface area contributed by atoms with E-state index < -0.39 is 41.6 Å². The highest BCUT2D eigenvalue weighted by Gasteiger charge is 2.32. The number of fused-ring (bicyclic) bond motifs is 1. The highest BCUT2D eigenvalue weighted by molar-refractivity contribution is 5.92. The summed E-state index contributed by atoms with van der Waals surface area (Å²) < 4.78 is 69.2. The third-order valence-corrected chi connectivity index (χ3v) is 3.70. The van der Waals surface area contributed by atoms with Crippen molar-refractivity contribution in [3.05, 3.63) is 70.5 Å². The van der Waals surface area contributed by atoms with Crippen molar-refractivity contribution >= 4 is 22.5 Å². The molecule has 0 radical (unpaired) electrons. The largest absolute Gasteiger partial charge is 0.573 e. The second-order valence-electron chi connectivity index (χ2n) is 5.69. The lowest BCUT2D eigenvalue weighted by molar-refractivity contribution is -0.274. The zero-order valence-corrected chi connectivity index (χ0v) is 13.9. The average molecular weight is 398 g/mol. The number of benzene rings is 2. The van der Waals surface area contributed by atoms with E-state index in [9.17, 15) is 31.5 Å². The van der Waals surface area contributed by atoms with E-state index in [0.29, 0.717) is 0 Å². The number of pyridine rings is 1. The molecule has 0 saturated carbocycles. The van der Waals surface area contributed by atoms with Crippen LogP contribution in [0.15, 0.2) is 53.5 Å². The number of rotatable bonds is 4. The minimum absolute atomic E-state index is 0.0407. The molecule has 0 aliphatic heterocycles. The summed E-state index contributed by atoms with van der Waals surface area (Å²) in [5, 5.41) is 2.22. The lowest BCUT2D eigenvalue weighted by Crippen LogP contribution is -2.22. The van der Waals surface area contributed by atoms with Crippen LogP contribution >= 0.6 is 0 Å². The van der Waals surface area contributed by atoms with Gasteiger partial charge in [-0.1, -0.05) is 6.07 Å². The number of para-hydroxylation sites is 1. The summed E-state index contributed by atoms with van der Waals surface area (Å²) in [4.78, 5) is 24.2. The molecule has 0 unspecified atom stereocenters. The number of ether oxygens (including phenoxy) is 1. The van der Waals surface area contributed by atoms with E-state index in [4.69, 9.17) is 0 Å². The van der Waals surface area contributed by atoms with Gasteiger partial charge in [-0.3, -0.25) is 9.59 Å². The number of anilines is 1. The second kappa shape index (κ2) is 7.29. The van der Waals surface area contributed by atoms with Gasteiger partial charge in [0.2, 0.25) is 5.91 Å². The summed E-state index contributed by atoms with van der Waals surface area (Å²) >= 11 is 0. The van der Waals surface area contributed by atoms with E-state index in [1.54, 1.807) is 0 Å². The van der Waals surface area contributed by atoms with Crippen LogP contribution in [-0.2, 0) is 11.3 Å². The van der Waals surface area contributed by atoms with Crippen LogP contribution in [0.2, 0.25) is 0 Å². The maximum absolute atomic E-state index is 13.2. The fourth-order valence-electron chi connectivity index (χ4n) is 2.61. The number of carbonyl (C=O) groups excluding carboxylic acids is 1. The zero-order chi connectivity index (χ0) is 20.5. The SMILES string of the molecule is O=C(Cn1ccc(=O)c2cccc(OC(F)(F)F)c21)Nc1ccc(F)c(F)c1. The van der Waals surface area contributed by atoms with Crippen molar-refractivity contribution < 1.29 is 31.5 Å². The number of aromatic nitrogens is 1. The monoisotopic (exact) mass is 398 g/mol. The molecule has 0 bridgehead atoms. The number of halogens is 5. The number of nitrogens with one attached hydrogen (secondary N) is 1. The zero-order valence-electron chi connectivity index (χ0n) is 13.9. The number of nitrogens with zero attached hydrogens (tertiary/aromatic N) is 1. The van der Waals surface area contributed by atoms with Crippen molar-refractivity contribution in [1.82, 2.24) is 4.57 Å². The Morgan fingerprint density at radius 2 is 1.82 bits per heavy atom. The maximum Gasteiger partial charge on any atom is 0.573 e. The van der Waals surface area contributed by atoms with E-state index in [-0.39, 0.29) is 16.6 Å². The molecule has 1 heterocycles. The Morgan fingerprint density at radius 1 is 1.07 bits per heavy atom. The molecule has 3 aromatic rings. The number of hydrogen-bond acceptors (Lipinski definition) is 3. The molecule has 0 aliphatic carbocycles. The quantitative estimate of drug-likeness (QED) is 0.680. The Morgan fingerprint density at radius 3 is 2.50 bits per heavy atom. The molecule has 3 rings (SSSR count). The predicted molar refractivity (Wildman–Crippen MR) is 89.9 cm³/mol. The van der Waals surface area contributed by atoms with Crippen LogP contribution in [0.5, 0.6) is 5.75 Å². The first kappa shape index (κ1) is 19.3. The summed E-state index contributed by atoms with van der Waals surface area (Å²) in [5.74, 6) is -3.66. The van der Waals surface area contributed by atoms with E-state index in [1.807, 2.05) is 0 Å². The normalized spacial score (nSPS) is 11.5. The van der Waals surface area contributed by atoms with E-state index in [0.717, 1.165) is 41.1 Å². The molecule has 1 N–H and O–H groups in total. The smallest absolute Gasteiger partial charge is 0.404 e. The standard InChI is InChI=1S/C18H11F5N2O3/c19-12-5-4-10(8-13(12)20)24-16(27)9-25-7-6-14(26)11-2-1-3-15(17(11)25)28-18(21,22)23/h1-8H,9H2,(H,24,27). The summed E-state index contributed by atoms with van der Waals surface area (Å²) in [7, 11) is 0. The summed E-state index contributed by atoms with van der Waals surface area (Å²) in [6, 6.07) is 7.31. The fraction of sp³-hybridized carbons (Fsp3) is 0.111. The molecule has 2 aromatic carbocycles. The first-order valence-electron chi connectivity index (χ1n) is 7.77. The molecule has 146 valence electrons. The molecule has 0 aliphatic rings. The van der Waals surface area contributed by atoms with Crippen LogP contribution in [0.1, 0.15) is 0 Å². The van der Waals surface area contributed by atoms with Crippen molar-refractivity contribution in [3.63, 3.8) is 0 Å². The van der Waals surface area contributed by atoms with Gasteiger partial charge in [0, 0.05) is 29.4 Å². The van der Waals surface area contributed by atoms with Gasteiger partial charge in [0.15, 0.2) is 22.8 Å². The van der Waals surface area contributed by atoms with Crippen molar-refractivity contribution in [2.45, 2.75) is 12.9 Å². The van der Waals surface area contributed by atoms with Crippen molar-refractivity contribution in [2.75, 3.05) is 5.32 Å². The van der Waals surface area contributed by atoms with Crippen molar-refractivity contribution in [3.8, 4) is 5.75 Å². The highest BCUT2D eigenvalue weighted by atomic mass is 19.4. The van der Waals surface area contributed by atoms with Gasteiger partial charge in [-0.15, -0.1) is 13.2 Å². The topological polar surface area (TPSA) is 60.3 Å². The lowest BCUT2D eigenvalue weighted by Gasteiger charge is -2.16. The average Bonchev–Trinajstić information content (AvgIpc) is 2.59. The molecule has 0 atom stereocenters. The van der Waals surface area contributed by atoms with E-state index in [2.05, 4.69) is 10.1 Å². The van der Waals surface area contributed by atoms with E-state index in [1.165, 1.54) is 12.1 Å². The minimum atomic E-state index is -5.00. The second-order valence-corrected chi connectivity index (χ2v) is 5.69. The summed E-state index contributed by atoms with van der Waals surface area (Å²) in [6.07, 6.45) is -3.86. The fourth-order valence-corrected chi connectivity index (χ4v) is 2.61. The van der Waals surface area contributed by atoms with Gasteiger partial charge >= 0.3 is 6.36 Å². The molecular formula is C18H11F5N2O3. The van der Waals surface area contributed by atoms with Crippen LogP contribution in [0.3, 0.4) is 0 Å². The molecule has 1 aromatic heterocycles. The van der Waals surface area contributed by atoms with Gasteiger partial charge in [0.1, 0.15) is 6.54 Å². The summed E-state index contributed by atoms with van der Waals surface area (Å²) in [6.45, 7) is -0.506. The molecule has 10 heteroatoms. The number of hydrogen-bond donors (Lipinski definition) is 1. The third kappa shape index (κ3) is 4.27. The molecule has 0 fully saturated rings. The van der Waals surface area contributed by atoms with Gasteiger partial charge in [-0.05, 0) is 24.3 Å². The van der Waals surface area contributed by atoms with E-state index >= 15 is 0 Å². The van der Waals surface area contributed by atoms with Gasteiger partial charge in [-0.25, -0.2) is 8.78 Å².